The van der Waals surface area contributed by atoms with Gasteiger partial charge in [-0.3, -0.25) is 4.79 Å². The summed E-state index contributed by atoms with van der Waals surface area (Å²) in [5.74, 6) is 0.454. The smallest absolute Gasteiger partial charge is 0.309 e. The highest BCUT2D eigenvalue weighted by molar-refractivity contribution is 8.00. The van der Waals surface area contributed by atoms with Crippen molar-refractivity contribution in [3.63, 3.8) is 0 Å². The van der Waals surface area contributed by atoms with Crippen molar-refractivity contribution >= 4 is 17.7 Å². The van der Waals surface area contributed by atoms with Gasteiger partial charge in [0.2, 0.25) is 0 Å². The zero-order valence-corrected chi connectivity index (χ0v) is 11.6. The van der Waals surface area contributed by atoms with Crippen LogP contribution in [-0.2, 0) is 9.53 Å². The number of ether oxygens (including phenoxy) is 1. The average molecular weight is 248 g/mol. The summed E-state index contributed by atoms with van der Waals surface area (Å²) in [6.45, 7) is 8.41. The lowest BCUT2D eigenvalue weighted by Gasteiger charge is -2.27. The van der Waals surface area contributed by atoms with E-state index in [1.54, 1.807) is 11.8 Å². The van der Waals surface area contributed by atoms with Gasteiger partial charge in [-0.05, 0) is 20.3 Å². The molecule has 0 aliphatic rings. The summed E-state index contributed by atoms with van der Waals surface area (Å²) in [5, 5.41) is 9.33. The molecule has 0 saturated carbocycles. The number of carbonyl (C=O) groups is 1. The predicted molar refractivity (Wildman–Crippen MR) is 68.7 cm³/mol. The number of thioether (sulfide) groups is 1. The second kappa shape index (κ2) is 7.96. The maximum atomic E-state index is 11.4. The van der Waals surface area contributed by atoms with Crippen LogP contribution in [0, 0.1) is 5.92 Å². The molecule has 0 aliphatic carbocycles. The van der Waals surface area contributed by atoms with Crippen LogP contribution >= 0.6 is 11.8 Å². The second-order valence-corrected chi connectivity index (χ2v) is 5.93. The van der Waals surface area contributed by atoms with Gasteiger partial charge in [-0.2, -0.15) is 11.8 Å². The van der Waals surface area contributed by atoms with Crippen LogP contribution in [0.4, 0.5) is 0 Å². The first-order valence-corrected chi connectivity index (χ1v) is 6.89. The third kappa shape index (κ3) is 5.75. The average Bonchev–Trinajstić information content (AvgIpc) is 2.26. The SMILES string of the molecule is CCCC(C)(CO)SCC(C)C(=O)OCC. The summed E-state index contributed by atoms with van der Waals surface area (Å²) in [5.41, 5.74) is 0. The van der Waals surface area contributed by atoms with Gasteiger partial charge >= 0.3 is 5.97 Å². The number of aliphatic hydroxyl groups excluding tert-OH is 1. The van der Waals surface area contributed by atoms with Crippen LogP contribution in [-0.4, -0.2) is 34.8 Å². The Kier molecular flexibility index (Phi) is 7.85. The van der Waals surface area contributed by atoms with E-state index >= 15 is 0 Å². The van der Waals surface area contributed by atoms with Gasteiger partial charge in [0, 0.05) is 10.5 Å². The van der Waals surface area contributed by atoms with Crippen LogP contribution < -0.4 is 0 Å². The van der Waals surface area contributed by atoms with Gasteiger partial charge in [-0.15, -0.1) is 0 Å². The number of aliphatic hydroxyl groups is 1. The molecular weight excluding hydrogens is 224 g/mol. The van der Waals surface area contributed by atoms with Crippen LogP contribution in [0.3, 0.4) is 0 Å². The third-order valence-electron chi connectivity index (χ3n) is 2.48. The molecule has 0 radical (unpaired) electrons. The normalized spacial score (nSPS) is 16.6. The van der Waals surface area contributed by atoms with Crippen molar-refractivity contribution in [2.45, 2.75) is 45.3 Å². The highest BCUT2D eigenvalue weighted by Gasteiger charge is 2.25. The van der Waals surface area contributed by atoms with Crippen LogP contribution in [0.15, 0.2) is 0 Å². The van der Waals surface area contributed by atoms with E-state index < -0.39 is 0 Å². The molecule has 2 atom stereocenters. The first kappa shape index (κ1) is 15.8. The van der Waals surface area contributed by atoms with E-state index in [1.165, 1.54) is 0 Å². The van der Waals surface area contributed by atoms with E-state index in [-0.39, 0.29) is 23.2 Å². The van der Waals surface area contributed by atoms with Gasteiger partial charge in [0.1, 0.15) is 0 Å². The maximum absolute atomic E-state index is 11.4. The third-order valence-corrected chi connectivity index (χ3v) is 4.18. The fourth-order valence-corrected chi connectivity index (χ4v) is 2.63. The molecule has 4 heteroatoms. The topological polar surface area (TPSA) is 46.5 Å². The standard InChI is InChI=1S/C12H24O3S/c1-5-7-12(4,9-13)16-8-10(3)11(14)15-6-2/h10,13H,5-9H2,1-4H3. The van der Waals surface area contributed by atoms with Crippen molar-refractivity contribution in [2.75, 3.05) is 19.0 Å². The van der Waals surface area contributed by atoms with Crippen molar-refractivity contribution in [3.8, 4) is 0 Å². The molecule has 0 heterocycles. The Bertz CT molecular complexity index is 208. The molecule has 0 aromatic rings. The molecule has 1 N–H and O–H groups in total. The molecule has 96 valence electrons. The minimum Gasteiger partial charge on any atom is -0.466 e. The van der Waals surface area contributed by atoms with Crippen LogP contribution in [0.2, 0.25) is 0 Å². The maximum Gasteiger partial charge on any atom is 0.309 e. The molecule has 0 aromatic heterocycles. The van der Waals surface area contributed by atoms with Crippen molar-refractivity contribution in [1.29, 1.82) is 0 Å². The van der Waals surface area contributed by atoms with Crippen molar-refractivity contribution in [1.82, 2.24) is 0 Å². The van der Waals surface area contributed by atoms with E-state index in [9.17, 15) is 9.90 Å². The van der Waals surface area contributed by atoms with Gasteiger partial charge < -0.3 is 9.84 Å². The van der Waals surface area contributed by atoms with Gasteiger partial charge in [0.05, 0.1) is 19.1 Å². The van der Waals surface area contributed by atoms with Gasteiger partial charge in [-0.1, -0.05) is 20.3 Å². The van der Waals surface area contributed by atoms with E-state index in [0.29, 0.717) is 12.4 Å². The molecule has 16 heavy (non-hydrogen) atoms. The van der Waals surface area contributed by atoms with Crippen LogP contribution in [0.25, 0.3) is 0 Å². The number of hydrogen-bond acceptors (Lipinski definition) is 4. The second-order valence-electron chi connectivity index (χ2n) is 4.32. The Labute approximate surface area is 103 Å². The van der Waals surface area contributed by atoms with Crippen LogP contribution in [0.1, 0.15) is 40.5 Å². The molecule has 3 nitrogen and oxygen atoms in total. The first-order chi connectivity index (χ1) is 7.49. The summed E-state index contributed by atoms with van der Waals surface area (Å²) in [4.78, 5) is 11.4. The molecule has 0 fully saturated rings. The lowest BCUT2D eigenvalue weighted by molar-refractivity contribution is -0.146. The quantitative estimate of drug-likeness (QED) is 0.670. The van der Waals surface area contributed by atoms with E-state index in [2.05, 4.69) is 6.92 Å². The zero-order valence-electron chi connectivity index (χ0n) is 10.8. The Hall–Kier alpha value is -0.220. The molecule has 0 bridgehead atoms. The van der Waals surface area contributed by atoms with E-state index in [4.69, 9.17) is 4.74 Å². The fourth-order valence-electron chi connectivity index (χ4n) is 1.40. The molecule has 2 unspecified atom stereocenters. The molecule has 0 aliphatic heterocycles. The summed E-state index contributed by atoms with van der Waals surface area (Å²) in [7, 11) is 0. The Morgan fingerprint density at radius 3 is 2.56 bits per heavy atom. The summed E-state index contributed by atoms with van der Waals surface area (Å²) >= 11 is 1.66. The largest absolute Gasteiger partial charge is 0.466 e. The Morgan fingerprint density at radius 2 is 2.12 bits per heavy atom. The molecule has 0 aromatic carbocycles. The molecule has 0 amide bonds. The minimum atomic E-state index is -0.146. The lowest BCUT2D eigenvalue weighted by atomic mass is 10.1. The number of hydrogen-bond donors (Lipinski definition) is 1. The predicted octanol–water partition coefficient (Wildman–Crippen LogP) is 2.47. The molecule has 0 spiro atoms. The van der Waals surface area contributed by atoms with E-state index in [1.807, 2.05) is 20.8 Å². The Morgan fingerprint density at radius 1 is 1.50 bits per heavy atom. The summed E-state index contributed by atoms with van der Waals surface area (Å²) in [6, 6.07) is 0. The van der Waals surface area contributed by atoms with Gasteiger partial charge in [0.15, 0.2) is 0 Å². The lowest BCUT2D eigenvalue weighted by Crippen LogP contribution is -2.28. The Balaban J connectivity index is 4.05. The van der Waals surface area contributed by atoms with Crippen LogP contribution in [0.5, 0.6) is 0 Å². The van der Waals surface area contributed by atoms with Crippen molar-refractivity contribution in [2.24, 2.45) is 5.92 Å². The summed E-state index contributed by atoms with van der Waals surface area (Å²) in [6.07, 6.45) is 2.00. The highest BCUT2D eigenvalue weighted by atomic mass is 32.2. The zero-order chi connectivity index (χ0) is 12.6. The number of carbonyl (C=O) groups excluding carboxylic acids is 1. The van der Waals surface area contributed by atoms with Gasteiger partial charge in [0.25, 0.3) is 0 Å². The fraction of sp³-hybridized carbons (Fsp3) is 0.917. The molecule has 0 rings (SSSR count). The number of esters is 1. The molecular formula is C12H24O3S. The molecule has 0 saturated heterocycles. The number of rotatable bonds is 8. The first-order valence-electron chi connectivity index (χ1n) is 5.90. The van der Waals surface area contributed by atoms with E-state index in [0.717, 1.165) is 12.8 Å². The highest BCUT2D eigenvalue weighted by Crippen LogP contribution is 2.31. The monoisotopic (exact) mass is 248 g/mol. The van der Waals surface area contributed by atoms with Crippen molar-refractivity contribution < 1.29 is 14.6 Å². The van der Waals surface area contributed by atoms with Gasteiger partial charge in [-0.25, -0.2) is 0 Å². The van der Waals surface area contributed by atoms with Crippen molar-refractivity contribution in [3.05, 3.63) is 0 Å². The summed E-state index contributed by atoms with van der Waals surface area (Å²) < 4.78 is 4.82. The minimum absolute atomic E-state index is 0.104.